The summed E-state index contributed by atoms with van der Waals surface area (Å²) in [6.45, 7) is 2.53. The molecule has 0 unspecified atom stereocenters. The molecule has 0 fully saturated rings. The first kappa shape index (κ1) is 19.8. The highest BCUT2D eigenvalue weighted by atomic mass is 32.1. The van der Waals surface area contributed by atoms with E-state index in [1.54, 1.807) is 24.3 Å². The summed E-state index contributed by atoms with van der Waals surface area (Å²) in [7, 11) is 0. The van der Waals surface area contributed by atoms with Gasteiger partial charge in [-0.25, -0.2) is 0 Å². The van der Waals surface area contributed by atoms with Crippen LogP contribution in [-0.4, -0.2) is 54.5 Å². The molecule has 0 aliphatic heterocycles. The van der Waals surface area contributed by atoms with E-state index >= 15 is 0 Å². The van der Waals surface area contributed by atoms with Crippen molar-refractivity contribution in [2.24, 2.45) is 0 Å². The van der Waals surface area contributed by atoms with Gasteiger partial charge in [-0.2, -0.15) is 12.6 Å². The Kier molecular flexibility index (Phi) is 9.70. The SMILES string of the molecule is CCO[C@H](CCOC(=O)CS)[C@H](O)c1cccc(OCCO)c1. The van der Waals surface area contributed by atoms with Crippen molar-refractivity contribution in [2.45, 2.75) is 25.6 Å². The Morgan fingerprint density at radius 3 is 2.78 bits per heavy atom. The number of thiol groups is 1. The number of carbonyl (C=O) groups excluding carboxylic acids is 1. The van der Waals surface area contributed by atoms with Crippen LogP contribution in [0, 0.1) is 0 Å². The minimum absolute atomic E-state index is 0.0199. The smallest absolute Gasteiger partial charge is 0.315 e. The van der Waals surface area contributed by atoms with Crippen LogP contribution in [0.15, 0.2) is 24.3 Å². The van der Waals surface area contributed by atoms with Crippen LogP contribution in [0.5, 0.6) is 5.75 Å². The summed E-state index contributed by atoms with van der Waals surface area (Å²) in [6.07, 6.45) is -1.00. The normalized spacial score (nSPS) is 13.4. The molecule has 6 nitrogen and oxygen atoms in total. The van der Waals surface area contributed by atoms with Crippen LogP contribution in [0.4, 0.5) is 0 Å². The molecule has 1 rings (SSSR count). The van der Waals surface area contributed by atoms with Crippen molar-refractivity contribution in [2.75, 3.05) is 32.2 Å². The Morgan fingerprint density at radius 2 is 2.13 bits per heavy atom. The number of benzene rings is 1. The second-order valence-corrected chi connectivity index (χ2v) is 5.07. The number of hydrogen-bond donors (Lipinski definition) is 3. The minimum Gasteiger partial charge on any atom is -0.491 e. The van der Waals surface area contributed by atoms with Crippen molar-refractivity contribution in [3.05, 3.63) is 29.8 Å². The topological polar surface area (TPSA) is 85.2 Å². The summed E-state index contributed by atoms with van der Waals surface area (Å²) in [5, 5.41) is 19.3. The summed E-state index contributed by atoms with van der Waals surface area (Å²) in [5.41, 5.74) is 0.638. The zero-order valence-corrected chi connectivity index (χ0v) is 14.1. The fraction of sp³-hybridized carbons (Fsp3) is 0.562. The van der Waals surface area contributed by atoms with E-state index in [-0.39, 0.29) is 25.6 Å². The van der Waals surface area contributed by atoms with Gasteiger partial charge in [-0.05, 0) is 24.6 Å². The van der Waals surface area contributed by atoms with Crippen molar-refractivity contribution in [1.29, 1.82) is 0 Å². The number of aliphatic hydroxyl groups excluding tert-OH is 2. The lowest BCUT2D eigenvalue weighted by molar-refractivity contribution is -0.142. The van der Waals surface area contributed by atoms with Crippen molar-refractivity contribution in [3.63, 3.8) is 0 Å². The van der Waals surface area contributed by atoms with E-state index in [9.17, 15) is 9.90 Å². The second-order valence-electron chi connectivity index (χ2n) is 4.75. The monoisotopic (exact) mass is 344 g/mol. The average Bonchev–Trinajstić information content (AvgIpc) is 2.58. The zero-order valence-electron chi connectivity index (χ0n) is 13.2. The number of aliphatic hydroxyl groups is 2. The molecule has 0 heterocycles. The molecule has 0 aliphatic rings. The summed E-state index contributed by atoms with van der Waals surface area (Å²) < 4.78 is 15.9. The lowest BCUT2D eigenvalue weighted by atomic mass is 10.0. The van der Waals surface area contributed by atoms with Crippen LogP contribution >= 0.6 is 12.6 Å². The Balaban J connectivity index is 2.68. The van der Waals surface area contributed by atoms with E-state index in [0.29, 0.717) is 24.3 Å². The standard InChI is InChI=1S/C16H24O6S/c1-2-20-14(6-8-22-15(18)11-23)16(19)12-4-3-5-13(10-12)21-9-7-17/h3-5,10,14,16-17,19,23H,2,6-9,11H2,1H3/t14-,16-/m1/s1. The summed E-state index contributed by atoms with van der Waals surface area (Å²) in [5.74, 6) is 0.177. The molecule has 0 aromatic heterocycles. The number of esters is 1. The molecular weight excluding hydrogens is 320 g/mol. The molecule has 0 saturated carbocycles. The lowest BCUT2D eigenvalue weighted by Crippen LogP contribution is -2.25. The maximum atomic E-state index is 11.1. The molecule has 0 spiro atoms. The zero-order chi connectivity index (χ0) is 17.1. The summed E-state index contributed by atoms with van der Waals surface area (Å²) in [4.78, 5) is 11.1. The first-order valence-electron chi connectivity index (χ1n) is 7.52. The molecule has 0 radical (unpaired) electrons. The van der Waals surface area contributed by atoms with Gasteiger partial charge in [-0.1, -0.05) is 12.1 Å². The molecule has 130 valence electrons. The third-order valence-electron chi connectivity index (χ3n) is 3.09. The average molecular weight is 344 g/mol. The molecule has 0 saturated heterocycles. The summed E-state index contributed by atoms with van der Waals surface area (Å²) in [6, 6.07) is 6.97. The molecule has 2 atom stereocenters. The first-order chi connectivity index (χ1) is 11.1. The van der Waals surface area contributed by atoms with Crippen LogP contribution in [0.25, 0.3) is 0 Å². The van der Waals surface area contributed by atoms with E-state index in [1.807, 2.05) is 6.92 Å². The third-order valence-corrected chi connectivity index (χ3v) is 3.35. The van der Waals surface area contributed by atoms with Crippen LogP contribution < -0.4 is 4.74 Å². The van der Waals surface area contributed by atoms with Crippen molar-refractivity contribution in [3.8, 4) is 5.75 Å². The molecule has 0 amide bonds. The number of carbonyl (C=O) groups is 1. The largest absolute Gasteiger partial charge is 0.491 e. The van der Waals surface area contributed by atoms with Gasteiger partial charge < -0.3 is 24.4 Å². The fourth-order valence-electron chi connectivity index (χ4n) is 2.05. The molecule has 2 N–H and O–H groups in total. The van der Waals surface area contributed by atoms with Crippen molar-refractivity contribution < 1.29 is 29.2 Å². The maximum Gasteiger partial charge on any atom is 0.315 e. The molecule has 1 aromatic carbocycles. The van der Waals surface area contributed by atoms with Crippen LogP contribution in [-0.2, 0) is 14.3 Å². The number of ether oxygens (including phenoxy) is 3. The second kappa shape index (κ2) is 11.3. The van der Waals surface area contributed by atoms with Gasteiger partial charge in [0.05, 0.1) is 25.1 Å². The van der Waals surface area contributed by atoms with E-state index in [4.69, 9.17) is 19.3 Å². The molecule has 1 aromatic rings. The Bertz CT molecular complexity index is 468. The van der Waals surface area contributed by atoms with Gasteiger partial charge in [-0.15, -0.1) is 0 Å². The Labute approximate surface area is 141 Å². The predicted molar refractivity (Wildman–Crippen MR) is 88.8 cm³/mol. The van der Waals surface area contributed by atoms with Gasteiger partial charge in [0, 0.05) is 13.0 Å². The fourth-order valence-corrected chi connectivity index (χ4v) is 2.14. The van der Waals surface area contributed by atoms with Gasteiger partial charge in [0.15, 0.2) is 0 Å². The van der Waals surface area contributed by atoms with Crippen LogP contribution in [0.3, 0.4) is 0 Å². The molecule has 0 bridgehead atoms. The third kappa shape index (κ3) is 7.22. The van der Waals surface area contributed by atoms with Gasteiger partial charge in [0.1, 0.15) is 18.5 Å². The number of rotatable bonds is 11. The maximum absolute atomic E-state index is 11.1. The highest BCUT2D eigenvalue weighted by Crippen LogP contribution is 2.25. The predicted octanol–water partition coefficient (Wildman–Crippen LogP) is 1.36. The molecule has 0 aliphatic carbocycles. The number of hydrogen-bond acceptors (Lipinski definition) is 7. The van der Waals surface area contributed by atoms with Gasteiger partial charge in [0.2, 0.25) is 0 Å². The summed E-state index contributed by atoms with van der Waals surface area (Å²) >= 11 is 3.83. The van der Waals surface area contributed by atoms with Gasteiger partial charge >= 0.3 is 5.97 Å². The van der Waals surface area contributed by atoms with Crippen molar-refractivity contribution in [1.82, 2.24) is 0 Å². The molecular formula is C16H24O6S. The lowest BCUT2D eigenvalue weighted by Gasteiger charge is -2.23. The Hall–Kier alpha value is -1.28. The molecule has 7 heteroatoms. The van der Waals surface area contributed by atoms with Crippen molar-refractivity contribution >= 4 is 18.6 Å². The van der Waals surface area contributed by atoms with Gasteiger partial charge in [0.25, 0.3) is 0 Å². The highest BCUT2D eigenvalue weighted by Gasteiger charge is 2.22. The van der Waals surface area contributed by atoms with E-state index in [1.165, 1.54) is 0 Å². The van der Waals surface area contributed by atoms with E-state index < -0.39 is 18.2 Å². The van der Waals surface area contributed by atoms with E-state index in [0.717, 1.165) is 0 Å². The first-order valence-corrected chi connectivity index (χ1v) is 8.15. The van der Waals surface area contributed by atoms with Crippen LogP contribution in [0.2, 0.25) is 0 Å². The molecule has 23 heavy (non-hydrogen) atoms. The van der Waals surface area contributed by atoms with Gasteiger partial charge in [-0.3, -0.25) is 4.79 Å². The van der Waals surface area contributed by atoms with E-state index in [2.05, 4.69) is 12.6 Å². The quantitative estimate of drug-likeness (QED) is 0.415. The Morgan fingerprint density at radius 1 is 1.35 bits per heavy atom. The van der Waals surface area contributed by atoms with Crippen LogP contribution in [0.1, 0.15) is 25.0 Å². The highest BCUT2D eigenvalue weighted by molar-refractivity contribution is 7.81. The minimum atomic E-state index is -0.873.